The highest BCUT2D eigenvalue weighted by atomic mass is 35.5. The fourth-order valence-electron chi connectivity index (χ4n) is 2.54. The van der Waals surface area contributed by atoms with E-state index < -0.39 is 6.03 Å². The van der Waals surface area contributed by atoms with Crippen molar-refractivity contribution in [3.05, 3.63) is 58.4 Å². The number of hydrogen-bond donors (Lipinski definition) is 2. The number of benzene rings is 1. The number of aryl methyl sites for hydroxylation is 3. The number of imidazole rings is 1. The van der Waals surface area contributed by atoms with Gasteiger partial charge in [-0.15, -0.1) is 0 Å². The molecule has 26 heavy (non-hydrogen) atoms. The van der Waals surface area contributed by atoms with Gasteiger partial charge in [-0.05, 0) is 45.4 Å². The number of amides is 2. The van der Waals surface area contributed by atoms with Crippen LogP contribution in [0.1, 0.15) is 22.8 Å². The number of halogens is 1. The molecule has 0 saturated carbocycles. The third-order valence-electron chi connectivity index (χ3n) is 4.04. The van der Waals surface area contributed by atoms with Gasteiger partial charge in [-0.2, -0.15) is 0 Å². The first kappa shape index (κ1) is 17.9. The Balaban J connectivity index is 1.71. The second-order valence-corrected chi connectivity index (χ2v) is 6.39. The normalized spacial score (nSPS) is 10.7. The maximum Gasteiger partial charge on any atom is 0.323 e. The Morgan fingerprint density at radius 2 is 1.69 bits per heavy atom. The molecule has 0 spiro atoms. The minimum absolute atomic E-state index is 0.396. The Kier molecular flexibility index (Phi) is 4.90. The molecule has 0 aliphatic heterocycles. The zero-order valence-electron chi connectivity index (χ0n) is 15.0. The van der Waals surface area contributed by atoms with E-state index >= 15 is 0 Å². The number of aromatic nitrogens is 4. The maximum absolute atomic E-state index is 12.1. The first-order valence-corrected chi connectivity index (χ1v) is 8.42. The SMILES string of the molecule is Cc1ccc(NC(=O)Nc2cnc(-n3c(C)nc(C)c3C)nc2)cc1Cl. The summed E-state index contributed by atoms with van der Waals surface area (Å²) >= 11 is 6.06. The molecular weight excluding hydrogens is 352 g/mol. The lowest BCUT2D eigenvalue weighted by molar-refractivity contribution is 0.262. The van der Waals surface area contributed by atoms with E-state index in [9.17, 15) is 4.79 Å². The molecule has 0 aliphatic rings. The van der Waals surface area contributed by atoms with Gasteiger partial charge in [0.2, 0.25) is 5.95 Å². The number of nitrogens with zero attached hydrogens (tertiary/aromatic N) is 4. The number of rotatable bonds is 3. The summed E-state index contributed by atoms with van der Waals surface area (Å²) < 4.78 is 1.87. The summed E-state index contributed by atoms with van der Waals surface area (Å²) in [6.07, 6.45) is 3.11. The topological polar surface area (TPSA) is 84.7 Å². The van der Waals surface area contributed by atoms with Crippen LogP contribution in [0.3, 0.4) is 0 Å². The number of anilines is 2. The predicted octanol–water partition coefficient (Wildman–Crippen LogP) is 4.19. The summed E-state index contributed by atoms with van der Waals surface area (Å²) in [5, 5.41) is 6.01. The number of nitrogens with one attached hydrogen (secondary N) is 2. The lowest BCUT2D eigenvalue weighted by atomic mass is 10.2. The first-order valence-electron chi connectivity index (χ1n) is 8.04. The van der Waals surface area contributed by atoms with E-state index in [1.807, 2.05) is 38.3 Å². The van der Waals surface area contributed by atoms with E-state index in [0.29, 0.717) is 22.3 Å². The van der Waals surface area contributed by atoms with Gasteiger partial charge in [0.25, 0.3) is 0 Å². The molecule has 7 nitrogen and oxygen atoms in total. The molecule has 134 valence electrons. The van der Waals surface area contributed by atoms with Gasteiger partial charge in [0.15, 0.2) is 0 Å². The van der Waals surface area contributed by atoms with Crippen molar-refractivity contribution in [2.75, 3.05) is 10.6 Å². The smallest absolute Gasteiger partial charge is 0.308 e. The Hall–Kier alpha value is -2.93. The lowest BCUT2D eigenvalue weighted by Crippen LogP contribution is -2.20. The average Bonchev–Trinajstić information content (AvgIpc) is 2.84. The van der Waals surface area contributed by atoms with Gasteiger partial charge in [0, 0.05) is 16.4 Å². The second-order valence-electron chi connectivity index (χ2n) is 5.98. The van der Waals surface area contributed by atoms with Crippen molar-refractivity contribution in [2.45, 2.75) is 27.7 Å². The van der Waals surface area contributed by atoms with E-state index in [1.54, 1.807) is 24.5 Å². The molecule has 0 radical (unpaired) electrons. The predicted molar refractivity (Wildman–Crippen MR) is 102 cm³/mol. The summed E-state index contributed by atoms with van der Waals surface area (Å²) in [6, 6.07) is 4.93. The van der Waals surface area contributed by atoms with Gasteiger partial charge in [-0.1, -0.05) is 17.7 Å². The van der Waals surface area contributed by atoms with Crippen molar-refractivity contribution >= 4 is 29.0 Å². The van der Waals surface area contributed by atoms with Crippen LogP contribution >= 0.6 is 11.6 Å². The lowest BCUT2D eigenvalue weighted by Gasteiger charge is -2.10. The summed E-state index contributed by atoms with van der Waals surface area (Å²) in [7, 11) is 0. The van der Waals surface area contributed by atoms with E-state index in [2.05, 4.69) is 25.6 Å². The van der Waals surface area contributed by atoms with E-state index in [4.69, 9.17) is 11.6 Å². The highest BCUT2D eigenvalue weighted by molar-refractivity contribution is 6.31. The second kappa shape index (κ2) is 7.13. The number of carbonyl (C=O) groups excluding carboxylic acids is 1. The van der Waals surface area contributed by atoms with Crippen LogP contribution < -0.4 is 10.6 Å². The monoisotopic (exact) mass is 370 g/mol. The number of carbonyl (C=O) groups is 1. The summed E-state index contributed by atoms with van der Waals surface area (Å²) in [6.45, 7) is 7.70. The molecule has 2 N–H and O–H groups in total. The van der Waals surface area contributed by atoms with Gasteiger partial charge in [-0.25, -0.2) is 19.7 Å². The fourth-order valence-corrected chi connectivity index (χ4v) is 2.72. The van der Waals surface area contributed by atoms with Crippen molar-refractivity contribution in [1.82, 2.24) is 19.5 Å². The third-order valence-corrected chi connectivity index (χ3v) is 4.45. The highest BCUT2D eigenvalue weighted by Gasteiger charge is 2.12. The fraction of sp³-hybridized carbons (Fsp3) is 0.222. The standard InChI is InChI=1S/C18H19ClN6O/c1-10-5-6-14(7-16(10)19)23-18(26)24-15-8-20-17(21-9-15)25-12(3)11(2)22-13(25)4/h5-9H,1-4H3,(H2,23,24,26). The van der Waals surface area contributed by atoms with Gasteiger partial charge >= 0.3 is 6.03 Å². The van der Waals surface area contributed by atoms with Gasteiger partial charge in [0.05, 0.1) is 23.8 Å². The quantitative estimate of drug-likeness (QED) is 0.723. The van der Waals surface area contributed by atoms with Crippen molar-refractivity contribution in [3.8, 4) is 5.95 Å². The van der Waals surface area contributed by atoms with Crippen molar-refractivity contribution in [2.24, 2.45) is 0 Å². The molecule has 0 bridgehead atoms. The Morgan fingerprint density at radius 1 is 1.04 bits per heavy atom. The Labute approximate surface area is 156 Å². The van der Waals surface area contributed by atoms with Crippen molar-refractivity contribution in [3.63, 3.8) is 0 Å². The molecule has 2 heterocycles. The third kappa shape index (κ3) is 3.67. The zero-order valence-corrected chi connectivity index (χ0v) is 15.7. The van der Waals surface area contributed by atoms with E-state index in [-0.39, 0.29) is 0 Å². The number of urea groups is 1. The summed E-state index contributed by atoms with van der Waals surface area (Å²) in [5.74, 6) is 1.33. The van der Waals surface area contributed by atoms with Crippen LogP contribution in [-0.4, -0.2) is 25.6 Å². The molecule has 0 aliphatic carbocycles. The van der Waals surface area contributed by atoms with Crippen LogP contribution in [0.4, 0.5) is 16.2 Å². The summed E-state index contributed by atoms with van der Waals surface area (Å²) in [5.41, 5.74) is 3.95. The Bertz CT molecular complexity index is 965. The minimum Gasteiger partial charge on any atom is -0.308 e. The number of hydrogen-bond acceptors (Lipinski definition) is 4. The molecule has 0 saturated heterocycles. The van der Waals surface area contributed by atoms with Crippen LogP contribution in [0.25, 0.3) is 5.95 Å². The highest BCUT2D eigenvalue weighted by Crippen LogP contribution is 2.20. The largest absolute Gasteiger partial charge is 0.323 e. The molecule has 3 aromatic rings. The van der Waals surface area contributed by atoms with Crippen LogP contribution in [-0.2, 0) is 0 Å². The molecule has 1 aromatic carbocycles. The average molecular weight is 371 g/mol. The van der Waals surface area contributed by atoms with E-state index in [1.165, 1.54) is 0 Å². The van der Waals surface area contributed by atoms with Gasteiger partial charge < -0.3 is 10.6 Å². The molecule has 2 aromatic heterocycles. The van der Waals surface area contributed by atoms with Crippen LogP contribution in [0.2, 0.25) is 5.02 Å². The van der Waals surface area contributed by atoms with Crippen molar-refractivity contribution in [1.29, 1.82) is 0 Å². The molecule has 3 rings (SSSR count). The van der Waals surface area contributed by atoms with Crippen LogP contribution in [0, 0.1) is 27.7 Å². The molecule has 8 heteroatoms. The molecule has 0 fully saturated rings. The van der Waals surface area contributed by atoms with Crippen LogP contribution in [0.5, 0.6) is 0 Å². The van der Waals surface area contributed by atoms with Gasteiger partial charge in [0.1, 0.15) is 5.82 Å². The first-order chi connectivity index (χ1) is 12.3. The van der Waals surface area contributed by atoms with Crippen molar-refractivity contribution < 1.29 is 4.79 Å². The summed E-state index contributed by atoms with van der Waals surface area (Å²) in [4.78, 5) is 25.2. The van der Waals surface area contributed by atoms with Gasteiger partial charge in [-0.3, -0.25) is 4.57 Å². The molecule has 0 atom stereocenters. The van der Waals surface area contributed by atoms with Crippen LogP contribution in [0.15, 0.2) is 30.6 Å². The Morgan fingerprint density at radius 3 is 2.27 bits per heavy atom. The maximum atomic E-state index is 12.1. The molecule has 0 unspecified atom stereocenters. The van der Waals surface area contributed by atoms with E-state index in [0.717, 1.165) is 22.8 Å². The minimum atomic E-state index is -0.396. The zero-order chi connectivity index (χ0) is 18.8. The molecular formula is C18H19ClN6O. The molecule has 2 amide bonds.